The molecule has 0 bridgehead atoms. The minimum Gasteiger partial charge on any atom is -0.496 e. The van der Waals surface area contributed by atoms with Gasteiger partial charge in [0.25, 0.3) is 5.56 Å². The van der Waals surface area contributed by atoms with Crippen molar-refractivity contribution in [3.63, 3.8) is 0 Å². The number of methoxy groups -OCH3 is 1. The Kier molecular flexibility index (Phi) is 5.44. The lowest BCUT2D eigenvalue weighted by Gasteiger charge is -2.11. The molecule has 0 aliphatic heterocycles. The summed E-state index contributed by atoms with van der Waals surface area (Å²) in [6.45, 7) is 0.122. The monoisotopic (exact) mass is 391 g/mol. The van der Waals surface area contributed by atoms with Crippen LogP contribution in [0.2, 0.25) is 10.0 Å². The minimum absolute atomic E-state index is 0.166. The molecule has 1 aromatic heterocycles. The second-order valence-corrected chi connectivity index (χ2v) is 6.39. The average molecular weight is 392 g/mol. The molecule has 26 heavy (non-hydrogen) atoms. The highest BCUT2D eigenvalue weighted by molar-refractivity contribution is 6.38. The lowest BCUT2D eigenvalue weighted by molar-refractivity contribution is -0.121. The molecular formula is C18H15Cl2N3O3. The summed E-state index contributed by atoms with van der Waals surface area (Å²) < 4.78 is 6.46. The molecule has 134 valence electrons. The highest BCUT2D eigenvalue weighted by Gasteiger charge is 2.12. The third-order valence-corrected chi connectivity index (χ3v) is 4.33. The van der Waals surface area contributed by atoms with Gasteiger partial charge < -0.3 is 10.1 Å². The van der Waals surface area contributed by atoms with Crippen molar-refractivity contribution in [2.24, 2.45) is 0 Å². The molecule has 0 unspecified atom stereocenters. The van der Waals surface area contributed by atoms with Gasteiger partial charge in [-0.2, -0.15) is 0 Å². The van der Waals surface area contributed by atoms with Crippen LogP contribution >= 0.6 is 23.2 Å². The lowest BCUT2D eigenvalue weighted by atomic mass is 10.2. The van der Waals surface area contributed by atoms with Crippen molar-refractivity contribution in [3.8, 4) is 5.75 Å². The van der Waals surface area contributed by atoms with Crippen molar-refractivity contribution in [1.82, 2.24) is 14.9 Å². The molecule has 6 nitrogen and oxygen atoms in total. The number of rotatable bonds is 5. The number of hydrogen-bond acceptors (Lipinski definition) is 4. The molecule has 1 amide bonds. The number of nitrogens with zero attached hydrogens (tertiary/aromatic N) is 2. The summed E-state index contributed by atoms with van der Waals surface area (Å²) in [4.78, 5) is 28.9. The number of nitrogens with one attached hydrogen (secondary N) is 1. The van der Waals surface area contributed by atoms with Crippen LogP contribution in [-0.4, -0.2) is 22.6 Å². The molecule has 0 fully saturated rings. The third-order valence-electron chi connectivity index (χ3n) is 3.83. The number of halogens is 2. The Hall–Kier alpha value is -2.57. The van der Waals surface area contributed by atoms with Gasteiger partial charge in [0, 0.05) is 17.1 Å². The van der Waals surface area contributed by atoms with Crippen molar-refractivity contribution in [2.75, 3.05) is 7.11 Å². The molecule has 3 aromatic rings. The van der Waals surface area contributed by atoms with Gasteiger partial charge in [0.05, 0.1) is 29.4 Å². The lowest BCUT2D eigenvalue weighted by Crippen LogP contribution is -2.32. The molecule has 1 N–H and O–H groups in total. The van der Waals surface area contributed by atoms with Crippen LogP contribution in [0.15, 0.2) is 47.5 Å². The van der Waals surface area contributed by atoms with Gasteiger partial charge in [-0.15, -0.1) is 0 Å². The van der Waals surface area contributed by atoms with E-state index in [0.717, 1.165) is 5.56 Å². The summed E-state index contributed by atoms with van der Waals surface area (Å²) in [5.41, 5.74) is 0.810. The first-order valence-electron chi connectivity index (χ1n) is 7.72. The fourth-order valence-electron chi connectivity index (χ4n) is 2.56. The van der Waals surface area contributed by atoms with E-state index in [4.69, 9.17) is 27.9 Å². The van der Waals surface area contributed by atoms with E-state index in [1.54, 1.807) is 7.11 Å². The Bertz CT molecular complexity index is 1030. The largest absolute Gasteiger partial charge is 0.496 e. The molecule has 0 radical (unpaired) electrons. The standard InChI is InChI=1S/C18H15Cl2N3O3/c1-26-15-5-3-2-4-11(15)8-21-16(24)9-23-10-22-17-13(18(23)25)6-12(19)7-14(17)20/h2-7,10H,8-9H2,1H3,(H,21,24). The van der Waals surface area contributed by atoms with Crippen LogP contribution in [0.1, 0.15) is 5.56 Å². The number of aromatic nitrogens is 2. The zero-order valence-corrected chi connectivity index (χ0v) is 15.3. The Morgan fingerprint density at radius 2 is 2.04 bits per heavy atom. The van der Waals surface area contributed by atoms with Crippen LogP contribution in [0, 0.1) is 0 Å². The summed E-state index contributed by atoms with van der Waals surface area (Å²) in [6.07, 6.45) is 1.30. The van der Waals surface area contributed by atoms with Crippen molar-refractivity contribution >= 4 is 40.0 Å². The van der Waals surface area contributed by atoms with E-state index in [1.165, 1.54) is 23.0 Å². The quantitative estimate of drug-likeness (QED) is 0.725. The van der Waals surface area contributed by atoms with Crippen LogP contribution < -0.4 is 15.6 Å². The van der Waals surface area contributed by atoms with Crippen molar-refractivity contribution in [3.05, 3.63) is 68.7 Å². The van der Waals surface area contributed by atoms with E-state index < -0.39 is 0 Å². The maximum atomic E-state index is 12.5. The van der Waals surface area contributed by atoms with Crippen LogP contribution in [-0.2, 0) is 17.9 Å². The van der Waals surface area contributed by atoms with E-state index in [-0.39, 0.29) is 35.0 Å². The molecular weight excluding hydrogens is 377 g/mol. The smallest absolute Gasteiger partial charge is 0.261 e. The van der Waals surface area contributed by atoms with Gasteiger partial charge in [-0.05, 0) is 18.2 Å². The number of carbonyl (C=O) groups is 1. The highest BCUT2D eigenvalue weighted by Crippen LogP contribution is 2.24. The predicted molar refractivity (Wildman–Crippen MR) is 101 cm³/mol. The predicted octanol–water partition coefficient (Wildman–Crippen LogP) is 3.03. The normalized spacial score (nSPS) is 10.7. The third kappa shape index (κ3) is 3.81. The fourth-order valence-corrected chi connectivity index (χ4v) is 3.10. The van der Waals surface area contributed by atoms with Gasteiger partial charge in [-0.3, -0.25) is 14.2 Å². The van der Waals surface area contributed by atoms with Gasteiger partial charge in [0.2, 0.25) is 5.91 Å². The first-order chi connectivity index (χ1) is 12.5. The van der Waals surface area contributed by atoms with Crippen molar-refractivity contribution < 1.29 is 9.53 Å². The number of amides is 1. The van der Waals surface area contributed by atoms with Crippen molar-refractivity contribution in [2.45, 2.75) is 13.1 Å². The highest BCUT2D eigenvalue weighted by atomic mass is 35.5. The molecule has 3 rings (SSSR count). The minimum atomic E-state index is -0.383. The molecule has 8 heteroatoms. The van der Waals surface area contributed by atoms with Gasteiger partial charge in [0.15, 0.2) is 0 Å². The zero-order chi connectivity index (χ0) is 18.7. The second-order valence-electron chi connectivity index (χ2n) is 5.55. The summed E-state index contributed by atoms with van der Waals surface area (Å²) in [5, 5.41) is 3.65. The summed E-state index contributed by atoms with van der Waals surface area (Å²) in [5.74, 6) is 0.355. The number of hydrogen-bond donors (Lipinski definition) is 1. The van der Waals surface area contributed by atoms with Crippen LogP contribution in [0.4, 0.5) is 0 Å². The summed E-state index contributed by atoms with van der Waals surface area (Å²) >= 11 is 12.0. The number of benzene rings is 2. The van der Waals surface area contributed by atoms with Crippen LogP contribution in [0.25, 0.3) is 10.9 Å². The van der Waals surface area contributed by atoms with Crippen molar-refractivity contribution in [1.29, 1.82) is 0 Å². The van der Waals surface area contributed by atoms with E-state index in [1.807, 2.05) is 24.3 Å². The van der Waals surface area contributed by atoms with Gasteiger partial charge in [0.1, 0.15) is 12.3 Å². The molecule has 1 heterocycles. The Morgan fingerprint density at radius 1 is 1.27 bits per heavy atom. The van der Waals surface area contributed by atoms with E-state index in [9.17, 15) is 9.59 Å². The fraction of sp³-hybridized carbons (Fsp3) is 0.167. The Labute approximate surface area is 159 Å². The molecule has 0 aliphatic carbocycles. The molecule has 0 saturated carbocycles. The maximum Gasteiger partial charge on any atom is 0.261 e. The number of ether oxygens (including phenoxy) is 1. The molecule has 0 spiro atoms. The van der Waals surface area contributed by atoms with Crippen LogP contribution in [0.5, 0.6) is 5.75 Å². The molecule has 0 saturated heterocycles. The SMILES string of the molecule is COc1ccccc1CNC(=O)Cn1cnc2c(Cl)cc(Cl)cc2c1=O. The van der Waals surface area contributed by atoms with Gasteiger partial charge in [-0.1, -0.05) is 41.4 Å². The topological polar surface area (TPSA) is 73.2 Å². The number of carbonyl (C=O) groups excluding carboxylic acids is 1. The van der Waals surface area contributed by atoms with Gasteiger partial charge >= 0.3 is 0 Å². The molecule has 0 atom stereocenters. The van der Waals surface area contributed by atoms with E-state index in [0.29, 0.717) is 16.3 Å². The number of para-hydroxylation sites is 1. The van der Waals surface area contributed by atoms with Crippen LogP contribution in [0.3, 0.4) is 0 Å². The average Bonchev–Trinajstić information content (AvgIpc) is 2.63. The summed E-state index contributed by atoms with van der Waals surface area (Å²) in [7, 11) is 1.57. The van der Waals surface area contributed by atoms with Gasteiger partial charge in [-0.25, -0.2) is 4.98 Å². The van der Waals surface area contributed by atoms with E-state index >= 15 is 0 Å². The zero-order valence-electron chi connectivity index (χ0n) is 13.8. The number of fused-ring (bicyclic) bond motifs is 1. The summed E-state index contributed by atoms with van der Waals surface area (Å²) in [6, 6.07) is 10.4. The first kappa shape index (κ1) is 18.2. The first-order valence-corrected chi connectivity index (χ1v) is 8.48. The maximum absolute atomic E-state index is 12.5. The Balaban J connectivity index is 1.77. The molecule has 2 aromatic carbocycles. The second kappa shape index (κ2) is 7.76. The molecule has 0 aliphatic rings. The Morgan fingerprint density at radius 3 is 2.81 bits per heavy atom. The van der Waals surface area contributed by atoms with E-state index in [2.05, 4.69) is 10.3 Å².